The molecular weight excluding hydrogens is 324 g/mol. The Bertz CT molecular complexity index is 745. The quantitative estimate of drug-likeness (QED) is 0.895. The second kappa shape index (κ2) is 7.00. The molecule has 126 valence electrons. The number of benzene rings is 1. The number of anilines is 2. The number of aryl methyl sites for hydroxylation is 1. The molecule has 0 radical (unpaired) electrons. The summed E-state index contributed by atoms with van der Waals surface area (Å²) in [7, 11) is 1.78. The van der Waals surface area contributed by atoms with Gasteiger partial charge in [0, 0.05) is 48.9 Å². The van der Waals surface area contributed by atoms with Crippen LogP contribution < -0.4 is 15.5 Å². The van der Waals surface area contributed by atoms with Crippen LogP contribution in [0.15, 0.2) is 29.8 Å². The van der Waals surface area contributed by atoms with E-state index in [4.69, 9.17) is 0 Å². The molecule has 2 heterocycles. The van der Waals surface area contributed by atoms with Crippen LogP contribution in [0.2, 0.25) is 0 Å². The normalized spacial score (nSPS) is 14.9. The number of fused-ring (bicyclic) bond motifs is 1. The van der Waals surface area contributed by atoms with Crippen LogP contribution in [0.25, 0.3) is 0 Å². The number of carbonyl (C=O) groups is 2. The maximum atomic E-state index is 12.1. The van der Waals surface area contributed by atoms with E-state index in [0.717, 1.165) is 21.9 Å². The van der Waals surface area contributed by atoms with Gasteiger partial charge < -0.3 is 15.5 Å². The molecule has 24 heavy (non-hydrogen) atoms. The summed E-state index contributed by atoms with van der Waals surface area (Å²) in [6, 6.07) is 5.39. The SMILES string of the molecule is C[C@H](CNC(=O)Nc1ccc2c(c1)CCC(=O)N2C)c1nccs1. The van der Waals surface area contributed by atoms with Crippen LogP contribution >= 0.6 is 11.3 Å². The van der Waals surface area contributed by atoms with Crippen molar-refractivity contribution in [2.75, 3.05) is 23.8 Å². The molecule has 1 aromatic carbocycles. The van der Waals surface area contributed by atoms with Crippen LogP contribution in [0, 0.1) is 0 Å². The summed E-state index contributed by atoms with van der Waals surface area (Å²) in [5.74, 6) is 0.302. The standard InChI is InChI=1S/C17H20N4O2S/c1-11(16-18-7-8-24-16)10-19-17(23)20-13-4-5-14-12(9-13)3-6-15(22)21(14)2/h4-5,7-9,11H,3,6,10H2,1-2H3,(H2,19,20,23)/t11-/m1/s1. The number of amides is 3. The Labute approximate surface area is 144 Å². The molecule has 0 bridgehead atoms. The molecule has 1 atom stereocenters. The van der Waals surface area contributed by atoms with Crippen LogP contribution in [0.5, 0.6) is 0 Å². The van der Waals surface area contributed by atoms with E-state index in [-0.39, 0.29) is 17.9 Å². The smallest absolute Gasteiger partial charge is 0.319 e. The highest BCUT2D eigenvalue weighted by Gasteiger charge is 2.21. The molecule has 0 aliphatic carbocycles. The van der Waals surface area contributed by atoms with Gasteiger partial charge in [-0.3, -0.25) is 4.79 Å². The highest BCUT2D eigenvalue weighted by atomic mass is 32.1. The Morgan fingerprint density at radius 1 is 1.42 bits per heavy atom. The zero-order valence-corrected chi connectivity index (χ0v) is 14.5. The zero-order valence-electron chi connectivity index (χ0n) is 13.7. The molecule has 1 aromatic heterocycles. The molecule has 6 nitrogen and oxygen atoms in total. The van der Waals surface area contributed by atoms with Crippen LogP contribution in [0.3, 0.4) is 0 Å². The Morgan fingerprint density at radius 3 is 3.00 bits per heavy atom. The van der Waals surface area contributed by atoms with Crippen molar-refractivity contribution in [3.8, 4) is 0 Å². The monoisotopic (exact) mass is 344 g/mol. The Hall–Kier alpha value is -2.41. The summed E-state index contributed by atoms with van der Waals surface area (Å²) in [5, 5.41) is 8.66. The predicted molar refractivity (Wildman–Crippen MR) is 95.7 cm³/mol. The van der Waals surface area contributed by atoms with Crippen molar-refractivity contribution in [1.82, 2.24) is 10.3 Å². The summed E-state index contributed by atoms with van der Waals surface area (Å²) in [6.07, 6.45) is 2.98. The van der Waals surface area contributed by atoms with Crippen molar-refractivity contribution in [3.05, 3.63) is 40.3 Å². The molecule has 2 N–H and O–H groups in total. The third-order valence-electron chi connectivity index (χ3n) is 4.12. The molecule has 7 heteroatoms. The maximum absolute atomic E-state index is 12.1. The van der Waals surface area contributed by atoms with E-state index < -0.39 is 0 Å². The Morgan fingerprint density at radius 2 is 2.25 bits per heavy atom. The summed E-state index contributed by atoms with van der Waals surface area (Å²) in [6.45, 7) is 2.56. The number of nitrogens with zero attached hydrogens (tertiary/aromatic N) is 2. The maximum Gasteiger partial charge on any atom is 0.319 e. The van der Waals surface area contributed by atoms with Gasteiger partial charge in [0.2, 0.25) is 5.91 Å². The van der Waals surface area contributed by atoms with E-state index >= 15 is 0 Å². The fourth-order valence-electron chi connectivity index (χ4n) is 2.72. The van der Waals surface area contributed by atoms with Gasteiger partial charge in [-0.1, -0.05) is 6.92 Å². The summed E-state index contributed by atoms with van der Waals surface area (Å²) in [5.41, 5.74) is 2.72. The number of hydrogen-bond acceptors (Lipinski definition) is 4. The molecular formula is C17H20N4O2S. The van der Waals surface area contributed by atoms with Gasteiger partial charge in [-0.25, -0.2) is 9.78 Å². The van der Waals surface area contributed by atoms with Crippen molar-refractivity contribution in [2.45, 2.75) is 25.7 Å². The van der Waals surface area contributed by atoms with E-state index in [0.29, 0.717) is 19.4 Å². The first-order valence-corrected chi connectivity index (χ1v) is 8.76. The molecule has 2 aromatic rings. The average molecular weight is 344 g/mol. The van der Waals surface area contributed by atoms with Crippen LogP contribution in [0.1, 0.15) is 29.8 Å². The first-order valence-electron chi connectivity index (χ1n) is 7.88. The molecule has 0 saturated heterocycles. The van der Waals surface area contributed by atoms with Crippen molar-refractivity contribution in [2.24, 2.45) is 0 Å². The number of nitrogens with one attached hydrogen (secondary N) is 2. The first-order chi connectivity index (χ1) is 11.5. The van der Waals surface area contributed by atoms with E-state index in [9.17, 15) is 9.59 Å². The fourth-order valence-corrected chi connectivity index (χ4v) is 3.42. The minimum Gasteiger partial charge on any atom is -0.337 e. The van der Waals surface area contributed by atoms with Crippen LogP contribution in [-0.4, -0.2) is 30.5 Å². The van der Waals surface area contributed by atoms with Gasteiger partial charge in [-0.15, -0.1) is 11.3 Å². The topological polar surface area (TPSA) is 74.3 Å². The number of carbonyl (C=O) groups excluding carboxylic acids is 2. The molecule has 1 aliphatic heterocycles. The third kappa shape index (κ3) is 3.56. The highest BCUT2D eigenvalue weighted by Crippen LogP contribution is 2.29. The predicted octanol–water partition coefficient (Wildman–Crippen LogP) is 2.98. The van der Waals surface area contributed by atoms with E-state index in [1.165, 1.54) is 0 Å². The molecule has 3 rings (SSSR count). The Balaban J connectivity index is 1.58. The van der Waals surface area contributed by atoms with Crippen LogP contribution in [-0.2, 0) is 11.2 Å². The summed E-state index contributed by atoms with van der Waals surface area (Å²) in [4.78, 5) is 29.7. The van der Waals surface area contributed by atoms with Gasteiger partial charge in [0.1, 0.15) is 0 Å². The second-order valence-electron chi connectivity index (χ2n) is 5.90. The lowest BCUT2D eigenvalue weighted by Crippen LogP contribution is -2.32. The number of urea groups is 1. The van der Waals surface area contributed by atoms with E-state index in [2.05, 4.69) is 15.6 Å². The van der Waals surface area contributed by atoms with Gasteiger partial charge in [-0.05, 0) is 30.2 Å². The van der Waals surface area contributed by atoms with Crippen molar-refractivity contribution >= 4 is 34.6 Å². The summed E-state index contributed by atoms with van der Waals surface area (Å²) >= 11 is 1.59. The van der Waals surface area contributed by atoms with Crippen LogP contribution in [0.4, 0.5) is 16.2 Å². The molecule has 0 saturated carbocycles. The first kappa shape index (κ1) is 16.4. The largest absolute Gasteiger partial charge is 0.337 e. The van der Waals surface area contributed by atoms with Gasteiger partial charge in [0.05, 0.1) is 5.01 Å². The summed E-state index contributed by atoms with van der Waals surface area (Å²) < 4.78 is 0. The third-order valence-corrected chi connectivity index (χ3v) is 5.13. The van der Waals surface area contributed by atoms with E-state index in [1.54, 1.807) is 29.5 Å². The lowest BCUT2D eigenvalue weighted by molar-refractivity contribution is -0.118. The Kier molecular flexibility index (Phi) is 4.80. The second-order valence-corrected chi connectivity index (χ2v) is 6.83. The van der Waals surface area contributed by atoms with Gasteiger partial charge in [0.25, 0.3) is 0 Å². The van der Waals surface area contributed by atoms with Gasteiger partial charge in [0.15, 0.2) is 0 Å². The van der Waals surface area contributed by atoms with Crippen molar-refractivity contribution < 1.29 is 9.59 Å². The zero-order chi connectivity index (χ0) is 17.1. The number of aromatic nitrogens is 1. The van der Waals surface area contributed by atoms with E-state index in [1.807, 2.05) is 30.5 Å². The highest BCUT2D eigenvalue weighted by molar-refractivity contribution is 7.09. The molecule has 0 fully saturated rings. The minimum atomic E-state index is -0.237. The minimum absolute atomic E-state index is 0.122. The molecule has 0 unspecified atom stereocenters. The van der Waals surface area contributed by atoms with Crippen molar-refractivity contribution in [1.29, 1.82) is 0 Å². The lowest BCUT2D eigenvalue weighted by Gasteiger charge is -2.26. The average Bonchev–Trinajstić information content (AvgIpc) is 3.11. The fraction of sp³-hybridized carbons (Fsp3) is 0.353. The van der Waals surface area contributed by atoms with Crippen molar-refractivity contribution in [3.63, 3.8) is 0 Å². The number of thiazole rings is 1. The molecule has 1 aliphatic rings. The van der Waals surface area contributed by atoms with Gasteiger partial charge >= 0.3 is 6.03 Å². The number of rotatable bonds is 4. The molecule has 0 spiro atoms. The number of hydrogen-bond donors (Lipinski definition) is 2. The van der Waals surface area contributed by atoms with Gasteiger partial charge in [-0.2, -0.15) is 0 Å². The lowest BCUT2D eigenvalue weighted by atomic mass is 10.0. The molecule has 3 amide bonds.